The fourth-order valence-corrected chi connectivity index (χ4v) is 3.88. The van der Waals surface area contributed by atoms with Crippen LogP contribution in [0.2, 0.25) is 0 Å². The minimum absolute atomic E-state index is 0. The van der Waals surface area contributed by atoms with Crippen LogP contribution < -0.4 is 5.32 Å². The van der Waals surface area contributed by atoms with Crippen molar-refractivity contribution in [3.05, 3.63) is 0 Å². The molecule has 0 unspecified atom stereocenters. The van der Waals surface area contributed by atoms with Gasteiger partial charge < -0.3 is 10.4 Å². The lowest BCUT2D eigenvalue weighted by atomic mass is 9.84. The highest BCUT2D eigenvalue weighted by Gasteiger charge is 2.46. The molecule has 1 aliphatic carbocycles. The SMILES string of the molecule is Cl.O=C(O)[C@H]1CCCC[C@@]12NCCS2. The van der Waals surface area contributed by atoms with Crippen molar-refractivity contribution in [2.75, 3.05) is 12.3 Å². The molecule has 2 aliphatic rings. The van der Waals surface area contributed by atoms with Gasteiger partial charge in [-0.1, -0.05) is 12.8 Å². The number of nitrogens with one attached hydrogen (secondary N) is 1. The molecule has 1 heterocycles. The molecule has 1 aliphatic heterocycles. The zero-order valence-electron chi connectivity index (χ0n) is 7.99. The molecular formula is C9H16ClNO2S. The fourth-order valence-electron chi connectivity index (χ4n) is 2.40. The number of carboxylic acid groups (broad SMARTS) is 1. The second kappa shape index (κ2) is 4.73. The molecule has 1 spiro atoms. The number of carbonyl (C=O) groups is 1. The van der Waals surface area contributed by atoms with E-state index in [0.717, 1.165) is 31.6 Å². The summed E-state index contributed by atoms with van der Waals surface area (Å²) in [5, 5.41) is 12.5. The maximum Gasteiger partial charge on any atom is 0.309 e. The smallest absolute Gasteiger partial charge is 0.309 e. The van der Waals surface area contributed by atoms with E-state index in [9.17, 15) is 4.79 Å². The molecule has 1 saturated heterocycles. The summed E-state index contributed by atoms with van der Waals surface area (Å²) in [7, 11) is 0. The summed E-state index contributed by atoms with van der Waals surface area (Å²) >= 11 is 1.81. The van der Waals surface area contributed by atoms with Crippen molar-refractivity contribution in [2.45, 2.75) is 30.6 Å². The quantitative estimate of drug-likeness (QED) is 0.729. The van der Waals surface area contributed by atoms with Gasteiger partial charge in [0.15, 0.2) is 0 Å². The normalized spacial score (nSPS) is 36.7. The van der Waals surface area contributed by atoms with Crippen molar-refractivity contribution >= 4 is 30.1 Å². The number of thioether (sulfide) groups is 1. The maximum absolute atomic E-state index is 11.1. The van der Waals surface area contributed by atoms with E-state index in [4.69, 9.17) is 5.11 Å². The zero-order chi connectivity index (χ0) is 9.31. The van der Waals surface area contributed by atoms with Gasteiger partial charge in [0.25, 0.3) is 0 Å². The highest BCUT2D eigenvalue weighted by atomic mass is 35.5. The molecule has 0 aromatic rings. The predicted molar refractivity (Wildman–Crippen MR) is 60.0 cm³/mol. The number of hydrogen-bond acceptors (Lipinski definition) is 3. The maximum atomic E-state index is 11.1. The Morgan fingerprint density at radius 3 is 2.86 bits per heavy atom. The lowest BCUT2D eigenvalue weighted by Crippen LogP contribution is -2.49. The van der Waals surface area contributed by atoms with Crippen molar-refractivity contribution in [1.82, 2.24) is 5.32 Å². The third kappa shape index (κ3) is 2.02. The van der Waals surface area contributed by atoms with Gasteiger partial charge in [0.05, 0.1) is 10.8 Å². The molecule has 3 nitrogen and oxygen atoms in total. The third-order valence-electron chi connectivity index (χ3n) is 3.04. The van der Waals surface area contributed by atoms with Crippen LogP contribution in [0, 0.1) is 5.92 Å². The van der Waals surface area contributed by atoms with E-state index in [1.807, 2.05) is 11.8 Å². The van der Waals surface area contributed by atoms with E-state index in [0.29, 0.717) is 0 Å². The summed E-state index contributed by atoms with van der Waals surface area (Å²) in [4.78, 5) is 10.9. The van der Waals surface area contributed by atoms with Crippen LogP contribution in [-0.2, 0) is 4.79 Å². The molecule has 0 aromatic heterocycles. The Hall–Kier alpha value is 0.0700. The Labute approximate surface area is 94.4 Å². The van der Waals surface area contributed by atoms with Crippen molar-refractivity contribution in [3.63, 3.8) is 0 Å². The Balaban J connectivity index is 0.000000980. The Morgan fingerprint density at radius 2 is 2.29 bits per heavy atom. The van der Waals surface area contributed by atoms with Gasteiger partial charge in [0.2, 0.25) is 0 Å². The number of rotatable bonds is 1. The summed E-state index contributed by atoms with van der Waals surface area (Å²) < 4.78 is 0. The summed E-state index contributed by atoms with van der Waals surface area (Å²) in [6.07, 6.45) is 4.11. The lowest BCUT2D eigenvalue weighted by molar-refractivity contribution is -0.144. The highest BCUT2D eigenvalue weighted by molar-refractivity contribution is 8.00. The summed E-state index contributed by atoms with van der Waals surface area (Å²) in [5.74, 6) is 0.263. The van der Waals surface area contributed by atoms with Crippen LogP contribution in [0.15, 0.2) is 0 Å². The van der Waals surface area contributed by atoms with Crippen LogP contribution in [0.1, 0.15) is 25.7 Å². The van der Waals surface area contributed by atoms with Crippen LogP contribution in [0.25, 0.3) is 0 Å². The topological polar surface area (TPSA) is 49.3 Å². The summed E-state index contributed by atoms with van der Waals surface area (Å²) in [5.41, 5.74) is 0. The van der Waals surface area contributed by atoms with Crippen molar-refractivity contribution < 1.29 is 9.90 Å². The van der Waals surface area contributed by atoms with Crippen LogP contribution in [0.5, 0.6) is 0 Å². The molecular weight excluding hydrogens is 222 g/mol. The van der Waals surface area contributed by atoms with Crippen LogP contribution in [0.4, 0.5) is 0 Å². The standard InChI is InChI=1S/C9H15NO2S.ClH/c11-8(12)7-3-1-2-4-9(7)10-5-6-13-9;/h7,10H,1-6H2,(H,11,12);1H/t7-,9+;/m1./s1. The largest absolute Gasteiger partial charge is 0.481 e. The number of hydrogen-bond donors (Lipinski definition) is 2. The molecule has 14 heavy (non-hydrogen) atoms. The van der Waals surface area contributed by atoms with Crippen LogP contribution >= 0.6 is 24.2 Å². The molecule has 2 N–H and O–H groups in total. The van der Waals surface area contributed by atoms with Gasteiger partial charge in [-0.2, -0.15) is 0 Å². The average molecular weight is 238 g/mol. The second-order valence-corrected chi connectivity index (χ2v) is 5.23. The summed E-state index contributed by atoms with van der Waals surface area (Å²) in [6, 6.07) is 0. The first-order valence-corrected chi connectivity index (χ1v) is 5.85. The minimum Gasteiger partial charge on any atom is -0.481 e. The number of carboxylic acids is 1. The Kier molecular flexibility index (Phi) is 4.10. The van der Waals surface area contributed by atoms with Gasteiger partial charge in [0.1, 0.15) is 0 Å². The molecule has 2 rings (SSSR count). The second-order valence-electron chi connectivity index (χ2n) is 3.80. The first-order chi connectivity index (χ1) is 6.25. The van der Waals surface area contributed by atoms with Gasteiger partial charge in [-0.25, -0.2) is 0 Å². The monoisotopic (exact) mass is 237 g/mol. The molecule has 0 radical (unpaired) electrons. The van der Waals surface area contributed by atoms with E-state index in [-0.39, 0.29) is 23.2 Å². The number of aliphatic carboxylic acids is 1. The molecule has 1 saturated carbocycles. The molecule has 2 fully saturated rings. The van der Waals surface area contributed by atoms with Crippen molar-refractivity contribution in [3.8, 4) is 0 Å². The van der Waals surface area contributed by atoms with E-state index in [1.54, 1.807) is 0 Å². The fraction of sp³-hybridized carbons (Fsp3) is 0.889. The van der Waals surface area contributed by atoms with Gasteiger partial charge in [-0.3, -0.25) is 4.79 Å². The zero-order valence-corrected chi connectivity index (χ0v) is 9.62. The van der Waals surface area contributed by atoms with Gasteiger partial charge in [-0.05, 0) is 12.8 Å². The minimum atomic E-state index is -0.624. The van der Waals surface area contributed by atoms with E-state index >= 15 is 0 Å². The van der Waals surface area contributed by atoms with Crippen molar-refractivity contribution in [1.29, 1.82) is 0 Å². The Morgan fingerprint density at radius 1 is 1.50 bits per heavy atom. The Bertz CT molecular complexity index is 219. The first kappa shape index (κ1) is 12.1. The molecule has 82 valence electrons. The number of halogens is 1. The van der Waals surface area contributed by atoms with Crippen LogP contribution in [0.3, 0.4) is 0 Å². The van der Waals surface area contributed by atoms with Gasteiger partial charge in [0, 0.05) is 12.3 Å². The van der Waals surface area contributed by atoms with E-state index < -0.39 is 5.97 Å². The van der Waals surface area contributed by atoms with Crippen molar-refractivity contribution in [2.24, 2.45) is 5.92 Å². The predicted octanol–water partition coefficient (Wildman–Crippen LogP) is 1.72. The molecule has 0 aromatic carbocycles. The van der Waals surface area contributed by atoms with E-state index in [1.165, 1.54) is 6.42 Å². The van der Waals surface area contributed by atoms with E-state index in [2.05, 4.69) is 5.32 Å². The molecule has 5 heteroatoms. The first-order valence-electron chi connectivity index (χ1n) is 4.86. The average Bonchev–Trinajstić information content (AvgIpc) is 2.54. The third-order valence-corrected chi connectivity index (χ3v) is 4.59. The molecule has 2 atom stereocenters. The van der Waals surface area contributed by atoms with Crippen LogP contribution in [-0.4, -0.2) is 28.2 Å². The molecule has 0 amide bonds. The molecule has 0 bridgehead atoms. The van der Waals surface area contributed by atoms with Gasteiger partial charge in [-0.15, -0.1) is 24.2 Å². The highest BCUT2D eigenvalue weighted by Crippen LogP contribution is 2.44. The lowest BCUT2D eigenvalue weighted by Gasteiger charge is -2.38. The van der Waals surface area contributed by atoms with Gasteiger partial charge >= 0.3 is 5.97 Å². The summed E-state index contributed by atoms with van der Waals surface area (Å²) in [6.45, 7) is 0.967.